The van der Waals surface area contributed by atoms with Crippen LogP contribution >= 0.6 is 0 Å². The highest BCUT2D eigenvalue weighted by Crippen LogP contribution is 2.07. The van der Waals surface area contributed by atoms with Gasteiger partial charge in [0.15, 0.2) is 0 Å². The summed E-state index contributed by atoms with van der Waals surface area (Å²) in [6, 6.07) is -0.247. The van der Waals surface area contributed by atoms with E-state index in [4.69, 9.17) is 16.6 Å². The molecule has 0 saturated carbocycles. The molecule has 0 aromatic heterocycles. The number of nitrogens with one attached hydrogen (secondary N) is 5. The van der Waals surface area contributed by atoms with Gasteiger partial charge in [0.05, 0.1) is 25.7 Å². The zero-order chi connectivity index (χ0) is 37.1. The van der Waals surface area contributed by atoms with Gasteiger partial charge in [-0.25, -0.2) is 4.79 Å². The van der Waals surface area contributed by atoms with Crippen LogP contribution in [0.5, 0.6) is 0 Å². The second-order valence-corrected chi connectivity index (χ2v) is 11.8. The topological polar surface area (TPSA) is 313 Å². The quantitative estimate of drug-likeness (QED) is 0.0501. The molecule has 5 amide bonds. The van der Waals surface area contributed by atoms with Gasteiger partial charge >= 0.3 is 11.9 Å². The fourth-order valence-electron chi connectivity index (χ4n) is 4.57. The first-order valence-corrected chi connectivity index (χ1v) is 15.8. The number of benzene rings is 1. The van der Waals surface area contributed by atoms with Crippen LogP contribution in [0, 0.1) is 5.92 Å². The molecule has 1 rings (SSSR count). The van der Waals surface area contributed by atoms with E-state index in [-0.39, 0.29) is 25.3 Å². The Morgan fingerprint density at radius 2 is 1.14 bits per heavy atom. The second kappa shape index (κ2) is 22.1. The maximum Gasteiger partial charge on any atom is 0.326 e. The van der Waals surface area contributed by atoms with E-state index in [1.54, 1.807) is 30.3 Å². The summed E-state index contributed by atoms with van der Waals surface area (Å²) in [5, 5.41) is 49.7. The van der Waals surface area contributed by atoms with Crippen LogP contribution in [-0.4, -0.2) is 118 Å². The highest BCUT2D eigenvalue weighted by atomic mass is 16.4. The fourth-order valence-corrected chi connectivity index (χ4v) is 4.57. The van der Waals surface area contributed by atoms with Crippen molar-refractivity contribution in [3.63, 3.8) is 0 Å². The average Bonchev–Trinajstić information content (AvgIpc) is 3.04. The van der Waals surface area contributed by atoms with Crippen molar-refractivity contribution in [3.05, 3.63) is 35.9 Å². The molecule has 0 aliphatic heterocycles. The van der Waals surface area contributed by atoms with E-state index < -0.39 is 97.4 Å². The smallest absolute Gasteiger partial charge is 0.326 e. The van der Waals surface area contributed by atoms with Crippen molar-refractivity contribution in [3.8, 4) is 0 Å². The summed E-state index contributed by atoms with van der Waals surface area (Å²) >= 11 is 0. The Morgan fingerprint density at radius 1 is 0.673 bits per heavy atom. The van der Waals surface area contributed by atoms with Crippen LogP contribution < -0.4 is 38.1 Å². The van der Waals surface area contributed by atoms with E-state index in [0.717, 1.165) is 0 Å². The van der Waals surface area contributed by atoms with Gasteiger partial charge in [0.1, 0.15) is 30.2 Å². The lowest BCUT2D eigenvalue weighted by atomic mass is 10.0. The molecule has 13 N–H and O–H groups in total. The van der Waals surface area contributed by atoms with Gasteiger partial charge in [-0.2, -0.15) is 0 Å². The van der Waals surface area contributed by atoms with Crippen LogP contribution in [0.15, 0.2) is 30.3 Å². The van der Waals surface area contributed by atoms with Crippen LogP contribution in [0.2, 0.25) is 0 Å². The van der Waals surface area contributed by atoms with Crippen LogP contribution in [0.1, 0.15) is 51.5 Å². The number of carboxylic acids is 2. The van der Waals surface area contributed by atoms with Gasteiger partial charge in [0, 0.05) is 6.42 Å². The highest BCUT2D eigenvalue weighted by Gasteiger charge is 2.33. The number of amides is 5. The third-order valence-electron chi connectivity index (χ3n) is 7.18. The van der Waals surface area contributed by atoms with E-state index in [1.165, 1.54) is 0 Å². The van der Waals surface area contributed by atoms with Gasteiger partial charge in [-0.1, -0.05) is 44.2 Å². The number of carbonyl (C=O) groups is 7. The molecule has 0 aliphatic carbocycles. The lowest BCUT2D eigenvalue weighted by Crippen LogP contribution is -2.60. The molecule has 0 bridgehead atoms. The number of carbonyl (C=O) groups excluding carboxylic acids is 5. The Labute approximate surface area is 283 Å². The molecule has 18 heteroatoms. The number of carboxylic acid groups (broad SMARTS) is 2. The first-order valence-electron chi connectivity index (χ1n) is 15.8. The number of hydrogen-bond donors (Lipinski definition) is 11. The van der Waals surface area contributed by atoms with E-state index in [0.29, 0.717) is 24.8 Å². The molecule has 0 saturated heterocycles. The van der Waals surface area contributed by atoms with Crippen molar-refractivity contribution in [2.45, 2.75) is 88.6 Å². The molecule has 0 heterocycles. The largest absolute Gasteiger partial charge is 0.481 e. The zero-order valence-electron chi connectivity index (χ0n) is 27.6. The molecular formula is C31H49N7O11. The Morgan fingerprint density at radius 3 is 1.63 bits per heavy atom. The number of hydrogen-bond acceptors (Lipinski definition) is 11. The van der Waals surface area contributed by atoms with E-state index >= 15 is 0 Å². The van der Waals surface area contributed by atoms with E-state index in [2.05, 4.69) is 26.6 Å². The third kappa shape index (κ3) is 15.9. The minimum Gasteiger partial charge on any atom is -0.481 e. The average molecular weight is 696 g/mol. The summed E-state index contributed by atoms with van der Waals surface area (Å²) in [7, 11) is 0. The second-order valence-electron chi connectivity index (χ2n) is 11.8. The summed E-state index contributed by atoms with van der Waals surface area (Å²) in [4.78, 5) is 87.8. The minimum atomic E-state index is -1.80. The van der Waals surface area contributed by atoms with Gasteiger partial charge in [-0.15, -0.1) is 0 Å². The number of aliphatic hydroxyl groups is 2. The molecule has 1 aromatic rings. The zero-order valence-corrected chi connectivity index (χ0v) is 27.6. The molecule has 274 valence electrons. The predicted molar refractivity (Wildman–Crippen MR) is 174 cm³/mol. The first-order chi connectivity index (χ1) is 23.1. The minimum absolute atomic E-state index is 0.0396. The number of nitrogens with two attached hydrogens (primary N) is 2. The fraction of sp³-hybridized carbons (Fsp3) is 0.581. The van der Waals surface area contributed by atoms with Crippen LogP contribution in [-0.2, 0) is 40.0 Å². The summed E-state index contributed by atoms with van der Waals surface area (Å²) in [6.07, 6.45) is -0.0361. The summed E-state index contributed by atoms with van der Waals surface area (Å²) in [5.41, 5.74) is 12.0. The van der Waals surface area contributed by atoms with Crippen molar-refractivity contribution < 1.29 is 54.0 Å². The Hall–Kier alpha value is -4.65. The molecule has 0 spiro atoms. The SMILES string of the molecule is CC(C)C[C@H](N)C(=O)N[C@@H](CO)C(=O)N[C@@H](Cc1ccccc1)C(=O)N[C@@H](CO)C(=O)N[C@@H](CCCCN)C(=O)N[C@@H](CC(=O)O)C(=O)O. The Balaban J connectivity index is 3.17. The summed E-state index contributed by atoms with van der Waals surface area (Å²) in [5.74, 6) is -7.64. The maximum atomic E-state index is 13.5. The number of aliphatic hydroxyl groups excluding tert-OH is 2. The van der Waals surface area contributed by atoms with Crippen molar-refractivity contribution in [2.75, 3.05) is 19.8 Å². The van der Waals surface area contributed by atoms with Gasteiger partial charge in [-0.05, 0) is 43.7 Å². The monoisotopic (exact) mass is 695 g/mol. The Bertz CT molecular complexity index is 1270. The predicted octanol–water partition coefficient (Wildman–Crippen LogP) is -3.30. The van der Waals surface area contributed by atoms with Crippen molar-refractivity contribution in [1.82, 2.24) is 26.6 Å². The van der Waals surface area contributed by atoms with Crippen molar-refractivity contribution in [2.24, 2.45) is 17.4 Å². The van der Waals surface area contributed by atoms with Gasteiger partial charge < -0.3 is 58.5 Å². The molecule has 0 radical (unpaired) electrons. The standard InChI is InChI=1S/C31H49N7O11/c1-17(2)12-19(33)26(43)37-23(15-39)30(47)35-21(13-18-8-4-3-5-9-18)28(45)38-24(16-40)29(46)34-20(10-6-7-11-32)27(44)36-22(31(48)49)14-25(41)42/h3-5,8-9,17,19-24,39-40H,6-7,10-16,32-33H2,1-2H3,(H,34,46)(H,35,47)(H,36,44)(H,37,43)(H,38,45)(H,41,42)(H,48,49)/t19-,20-,21-,22-,23-,24-/m0/s1. The van der Waals surface area contributed by atoms with Gasteiger partial charge in [-0.3, -0.25) is 28.8 Å². The van der Waals surface area contributed by atoms with Crippen molar-refractivity contribution in [1.29, 1.82) is 0 Å². The molecule has 0 unspecified atom stereocenters. The van der Waals surface area contributed by atoms with E-state index in [1.807, 2.05) is 13.8 Å². The number of aliphatic carboxylic acids is 2. The lowest BCUT2D eigenvalue weighted by Gasteiger charge is -2.26. The molecule has 18 nitrogen and oxygen atoms in total. The first kappa shape index (κ1) is 42.4. The van der Waals surface area contributed by atoms with Crippen LogP contribution in [0.25, 0.3) is 0 Å². The van der Waals surface area contributed by atoms with Crippen LogP contribution in [0.3, 0.4) is 0 Å². The Kier molecular flexibility index (Phi) is 19.1. The normalized spacial score (nSPS) is 14.7. The molecule has 1 aromatic carbocycles. The highest BCUT2D eigenvalue weighted by molar-refractivity contribution is 5.96. The summed E-state index contributed by atoms with van der Waals surface area (Å²) < 4.78 is 0. The number of unbranched alkanes of at least 4 members (excludes halogenated alkanes) is 1. The van der Waals surface area contributed by atoms with Crippen LogP contribution in [0.4, 0.5) is 0 Å². The van der Waals surface area contributed by atoms with E-state index in [9.17, 15) is 48.9 Å². The molecule has 49 heavy (non-hydrogen) atoms. The molecule has 6 atom stereocenters. The maximum absolute atomic E-state index is 13.5. The molecule has 0 fully saturated rings. The lowest BCUT2D eigenvalue weighted by molar-refractivity contribution is -0.147. The molecule has 0 aliphatic rings. The summed E-state index contributed by atoms with van der Waals surface area (Å²) in [6.45, 7) is 2.17. The third-order valence-corrected chi connectivity index (χ3v) is 7.18. The van der Waals surface area contributed by atoms with Gasteiger partial charge in [0.2, 0.25) is 29.5 Å². The van der Waals surface area contributed by atoms with Crippen molar-refractivity contribution >= 4 is 41.5 Å². The van der Waals surface area contributed by atoms with Gasteiger partial charge in [0.25, 0.3) is 0 Å². The number of rotatable bonds is 23. The molecular weight excluding hydrogens is 646 g/mol.